The maximum atomic E-state index is 12.8. The van der Waals surface area contributed by atoms with Crippen LogP contribution < -0.4 is 15.2 Å². The minimum atomic E-state index is -2.94. The third-order valence-electron chi connectivity index (χ3n) is 5.04. The lowest BCUT2D eigenvalue weighted by atomic mass is 10.1. The molecule has 4 rings (SSSR count). The average Bonchev–Trinajstić information content (AvgIpc) is 3.46. The Morgan fingerprint density at radius 3 is 2.65 bits per heavy atom. The molecule has 0 spiro atoms. The van der Waals surface area contributed by atoms with Crippen molar-refractivity contribution in [1.29, 1.82) is 0 Å². The van der Waals surface area contributed by atoms with Gasteiger partial charge in [0.1, 0.15) is 5.76 Å². The average molecular weight is 429 g/mol. The molecule has 31 heavy (non-hydrogen) atoms. The van der Waals surface area contributed by atoms with Crippen molar-refractivity contribution in [2.75, 3.05) is 6.61 Å². The molecule has 0 saturated heterocycles. The van der Waals surface area contributed by atoms with Crippen molar-refractivity contribution in [2.24, 2.45) is 11.7 Å². The molecular formula is C23H25F2N3O3. The summed E-state index contributed by atoms with van der Waals surface area (Å²) in [5.41, 5.74) is 9.30. The van der Waals surface area contributed by atoms with Crippen LogP contribution in [0.25, 0.3) is 11.5 Å². The number of halogens is 2. The van der Waals surface area contributed by atoms with Crippen LogP contribution in [0.4, 0.5) is 8.78 Å². The Hall–Kier alpha value is -3.00. The number of alkyl halides is 2. The number of aryl methyl sites for hydroxylation is 1. The highest BCUT2D eigenvalue weighted by Gasteiger charge is 2.24. The Labute approximate surface area is 179 Å². The first-order valence-electron chi connectivity index (χ1n) is 10.3. The Bertz CT molecular complexity index is 1030. The molecule has 2 aromatic heterocycles. The number of nitrogens with zero attached hydrogens (tertiary/aromatic N) is 2. The number of benzene rings is 1. The molecule has 164 valence electrons. The van der Waals surface area contributed by atoms with E-state index < -0.39 is 6.61 Å². The molecule has 1 aliphatic rings. The first-order chi connectivity index (χ1) is 14.9. The molecule has 1 atom stereocenters. The van der Waals surface area contributed by atoms with Crippen molar-refractivity contribution in [3.63, 3.8) is 0 Å². The van der Waals surface area contributed by atoms with E-state index in [1.807, 2.05) is 26.0 Å². The monoisotopic (exact) mass is 429 g/mol. The van der Waals surface area contributed by atoms with Crippen LogP contribution in [-0.2, 0) is 6.42 Å². The molecule has 6 nitrogen and oxygen atoms in total. The highest BCUT2D eigenvalue weighted by atomic mass is 19.3. The molecule has 1 aliphatic carbocycles. The minimum absolute atomic E-state index is 0.0116. The fourth-order valence-corrected chi connectivity index (χ4v) is 3.18. The largest absolute Gasteiger partial charge is 0.489 e. The number of nitrogens with two attached hydrogens (primary N) is 1. The van der Waals surface area contributed by atoms with Crippen LogP contribution in [0, 0.1) is 12.8 Å². The highest BCUT2D eigenvalue weighted by Crippen LogP contribution is 2.37. The molecular weight excluding hydrogens is 404 g/mol. The summed E-state index contributed by atoms with van der Waals surface area (Å²) in [6.07, 6.45) is 4.43. The lowest BCUT2D eigenvalue weighted by molar-refractivity contribution is -0.0515. The summed E-state index contributed by atoms with van der Waals surface area (Å²) in [5.74, 6) is 1.59. The normalized spacial score (nSPS) is 14.6. The lowest BCUT2D eigenvalue weighted by Gasteiger charge is -2.12. The number of hydrogen-bond donors (Lipinski definition) is 1. The zero-order chi connectivity index (χ0) is 22.0. The topological polar surface area (TPSA) is 83.4 Å². The molecule has 0 radical (unpaired) electrons. The molecule has 3 aromatic rings. The van der Waals surface area contributed by atoms with Gasteiger partial charge in [0.2, 0.25) is 5.89 Å². The van der Waals surface area contributed by atoms with Gasteiger partial charge in [-0.2, -0.15) is 8.78 Å². The highest BCUT2D eigenvalue weighted by molar-refractivity contribution is 5.60. The summed E-state index contributed by atoms with van der Waals surface area (Å²) in [6, 6.07) is 8.24. The van der Waals surface area contributed by atoms with E-state index in [0.29, 0.717) is 41.9 Å². The second-order valence-corrected chi connectivity index (χ2v) is 7.92. The Morgan fingerprint density at radius 1 is 1.19 bits per heavy atom. The van der Waals surface area contributed by atoms with Gasteiger partial charge in [-0.1, -0.05) is 6.07 Å². The van der Waals surface area contributed by atoms with Crippen molar-refractivity contribution < 1.29 is 22.7 Å². The predicted octanol–water partition coefficient (Wildman–Crippen LogP) is 5.05. The molecule has 2 N–H and O–H groups in total. The van der Waals surface area contributed by atoms with Gasteiger partial charge in [0, 0.05) is 23.9 Å². The Kier molecular flexibility index (Phi) is 6.18. The smallest absolute Gasteiger partial charge is 0.387 e. The molecule has 1 saturated carbocycles. The van der Waals surface area contributed by atoms with Gasteiger partial charge >= 0.3 is 6.61 Å². The number of rotatable bonds is 9. The van der Waals surface area contributed by atoms with Crippen LogP contribution in [0.1, 0.15) is 48.5 Å². The fourth-order valence-electron chi connectivity index (χ4n) is 3.18. The van der Waals surface area contributed by atoms with Crippen molar-refractivity contribution in [3.8, 4) is 23.0 Å². The van der Waals surface area contributed by atoms with E-state index in [0.717, 1.165) is 24.1 Å². The number of hydrogen-bond acceptors (Lipinski definition) is 6. The zero-order valence-electron chi connectivity index (χ0n) is 17.5. The van der Waals surface area contributed by atoms with Gasteiger partial charge < -0.3 is 19.6 Å². The first-order valence-corrected chi connectivity index (χ1v) is 10.3. The number of pyridine rings is 1. The van der Waals surface area contributed by atoms with Crippen molar-refractivity contribution in [2.45, 2.75) is 45.8 Å². The summed E-state index contributed by atoms with van der Waals surface area (Å²) in [4.78, 5) is 9.05. The van der Waals surface area contributed by atoms with E-state index in [4.69, 9.17) is 14.9 Å². The van der Waals surface area contributed by atoms with Gasteiger partial charge in [-0.3, -0.25) is 4.98 Å². The maximum absolute atomic E-state index is 12.8. The van der Waals surface area contributed by atoms with Crippen LogP contribution >= 0.6 is 0 Å². The SMILES string of the molecule is Cc1ccc(Cc2nc(-c3ccc(OC(F)F)c(OCC4CC4)c3)oc2C(C)N)nc1. The van der Waals surface area contributed by atoms with Crippen LogP contribution in [-0.4, -0.2) is 23.2 Å². The zero-order valence-corrected chi connectivity index (χ0v) is 17.5. The summed E-state index contributed by atoms with van der Waals surface area (Å²) in [7, 11) is 0. The molecule has 1 fully saturated rings. The molecule has 8 heteroatoms. The summed E-state index contributed by atoms with van der Waals surface area (Å²) in [6.45, 7) is 1.32. The Balaban J connectivity index is 1.64. The molecule has 2 heterocycles. The van der Waals surface area contributed by atoms with Gasteiger partial charge in [-0.25, -0.2) is 4.98 Å². The second-order valence-electron chi connectivity index (χ2n) is 7.92. The quantitative estimate of drug-likeness (QED) is 0.513. The molecule has 1 unspecified atom stereocenters. The van der Waals surface area contributed by atoms with Crippen LogP contribution in [0.2, 0.25) is 0 Å². The molecule has 0 bridgehead atoms. The molecule has 0 aliphatic heterocycles. The number of aromatic nitrogens is 2. The third-order valence-corrected chi connectivity index (χ3v) is 5.04. The maximum Gasteiger partial charge on any atom is 0.387 e. The number of oxazole rings is 1. The van der Waals surface area contributed by atoms with Crippen LogP contribution in [0.3, 0.4) is 0 Å². The van der Waals surface area contributed by atoms with Gasteiger partial charge in [0.05, 0.1) is 18.3 Å². The minimum Gasteiger partial charge on any atom is -0.489 e. The Morgan fingerprint density at radius 2 is 2.00 bits per heavy atom. The van der Waals surface area contributed by atoms with E-state index >= 15 is 0 Å². The summed E-state index contributed by atoms with van der Waals surface area (Å²) in [5, 5.41) is 0. The lowest BCUT2D eigenvalue weighted by Crippen LogP contribution is -2.07. The van der Waals surface area contributed by atoms with E-state index in [-0.39, 0.29) is 17.5 Å². The third kappa shape index (κ3) is 5.38. The van der Waals surface area contributed by atoms with E-state index in [1.165, 1.54) is 6.07 Å². The van der Waals surface area contributed by atoms with Crippen LogP contribution in [0.5, 0.6) is 11.5 Å². The summed E-state index contributed by atoms with van der Waals surface area (Å²) < 4.78 is 41.9. The molecule has 1 aromatic carbocycles. The van der Waals surface area contributed by atoms with Crippen molar-refractivity contribution in [1.82, 2.24) is 9.97 Å². The van der Waals surface area contributed by atoms with Crippen molar-refractivity contribution >= 4 is 0 Å². The van der Waals surface area contributed by atoms with E-state index in [1.54, 1.807) is 18.3 Å². The standard InChI is InChI=1S/C23H25F2N3O3/c1-13-3-7-17(27-11-13)10-18-21(14(2)26)31-22(28-18)16-6-8-19(30-23(24)25)20(9-16)29-12-15-4-5-15/h3,6-9,11,14-15,23H,4-5,10,12,26H2,1-2H3. The molecule has 0 amide bonds. The van der Waals surface area contributed by atoms with E-state index in [9.17, 15) is 8.78 Å². The van der Waals surface area contributed by atoms with Gasteiger partial charge in [-0.05, 0) is 62.4 Å². The van der Waals surface area contributed by atoms with Gasteiger partial charge in [-0.15, -0.1) is 0 Å². The van der Waals surface area contributed by atoms with Gasteiger partial charge in [0.25, 0.3) is 0 Å². The van der Waals surface area contributed by atoms with Crippen molar-refractivity contribution in [3.05, 3.63) is 59.2 Å². The number of ether oxygens (including phenoxy) is 2. The summed E-state index contributed by atoms with van der Waals surface area (Å²) >= 11 is 0. The fraction of sp³-hybridized carbons (Fsp3) is 0.391. The van der Waals surface area contributed by atoms with E-state index in [2.05, 4.69) is 14.7 Å². The van der Waals surface area contributed by atoms with Gasteiger partial charge in [0.15, 0.2) is 11.5 Å². The second kappa shape index (κ2) is 9.01. The first kappa shape index (κ1) is 21.2. The predicted molar refractivity (Wildman–Crippen MR) is 111 cm³/mol. The van der Waals surface area contributed by atoms with Crippen LogP contribution in [0.15, 0.2) is 40.9 Å².